The Hall–Kier alpha value is -1.56. The molecule has 3 N–H and O–H groups in total. The van der Waals surface area contributed by atoms with Gasteiger partial charge in [0.2, 0.25) is 0 Å². The highest BCUT2D eigenvalue weighted by Gasteiger charge is 2.41. The van der Waals surface area contributed by atoms with Crippen LogP contribution in [0.2, 0.25) is 0 Å². The number of rotatable bonds is 6. The highest BCUT2D eigenvalue weighted by Crippen LogP contribution is 2.48. The van der Waals surface area contributed by atoms with Crippen molar-refractivity contribution < 1.29 is 14.7 Å². The predicted octanol–water partition coefficient (Wildman–Crippen LogP) is 3.85. The Balaban J connectivity index is 1.96. The zero-order valence-corrected chi connectivity index (χ0v) is 13.5. The fourth-order valence-electron chi connectivity index (χ4n) is 2.46. The van der Waals surface area contributed by atoms with Crippen LogP contribution in [0.25, 0.3) is 0 Å². The lowest BCUT2D eigenvalue weighted by atomic mass is 10.0. The molecule has 5 nitrogen and oxygen atoms in total. The van der Waals surface area contributed by atoms with Crippen molar-refractivity contribution >= 4 is 33.6 Å². The summed E-state index contributed by atoms with van der Waals surface area (Å²) in [7, 11) is 0. The standard InChI is InChI=1S/C15H19BrN2O3/c1-2-5-15(6-7-15)9-17-14(21)18-12-8-10(16)3-4-11(12)13(19)20/h3-4,8H,2,5-7,9H2,1H3,(H,19,20)(H2,17,18,21). The molecule has 0 spiro atoms. The molecule has 1 aromatic carbocycles. The number of aromatic carboxylic acids is 1. The first-order valence-corrected chi connectivity index (χ1v) is 7.83. The zero-order valence-electron chi connectivity index (χ0n) is 11.9. The van der Waals surface area contributed by atoms with Gasteiger partial charge in [0, 0.05) is 11.0 Å². The van der Waals surface area contributed by atoms with Gasteiger partial charge < -0.3 is 15.7 Å². The Bertz CT molecular complexity index is 556. The zero-order chi connectivity index (χ0) is 15.5. The summed E-state index contributed by atoms with van der Waals surface area (Å²) in [6, 6.07) is 4.31. The summed E-state index contributed by atoms with van der Waals surface area (Å²) < 4.78 is 0.715. The van der Waals surface area contributed by atoms with Gasteiger partial charge in [0.15, 0.2) is 0 Å². The molecule has 2 amide bonds. The lowest BCUT2D eigenvalue weighted by molar-refractivity contribution is 0.0698. The smallest absolute Gasteiger partial charge is 0.337 e. The fourth-order valence-corrected chi connectivity index (χ4v) is 2.82. The number of carbonyl (C=O) groups is 2. The van der Waals surface area contributed by atoms with E-state index in [9.17, 15) is 9.59 Å². The Kier molecular flexibility index (Phi) is 4.88. The maximum atomic E-state index is 11.9. The molecule has 2 rings (SSSR count). The molecule has 0 saturated heterocycles. The van der Waals surface area contributed by atoms with Crippen LogP contribution in [0, 0.1) is 5.41 Å². The Morgan fingerprint density at radius 1 is 1.38 bits per heavy atom. The van der Waals surface area contributed by atoms with Crippen LogP contribution >= 0.6 is 15.9 Å². The molecule has 1 aliphatic rings. The van der Waals surface area contributed by atoms with Gasteiger partial charge in [-0.25, -0.2) is 9.59 Å². The molecule has 1 saturated carbocycles. The fraction of sp³-hybridized carbons (Fsp3) is 0.467. The molecule has 6 heteroatoms. The summed E-state index contributed by atoms with van der Waals surface area (Å²) in [5, 5.41) is 14.6. The van der Waals surface area contributed by atoms with Crippen LogP contribution in [-0.4, -0.2) is 23.7 Å². The quantitative estimate of drug-likeness (QED) is 0.725. The summed E-state index contributed by atoms with van der Waals surface area (Å²) in [6.07, 6.45) is 4.53. The van der Waals surface area contributed by atoms with Gasteiger partial charge in [0.1, 0.15) is 0 Å². The third-order valence-electron chi connectivity index (χ3n) is 3.82. The average Bonchev–Trinajstić information content (AvgIpc) is 3.17. The molecule has 0 heterocycles. The van der Waals surface area contributed by atoms with Gasteiger partial charge in [0.25, 0.3) is 0 Å². The van der Waals surface area contributed by atoms with Crippen LogP contribution in [0.4, 0.5) is 10.5 Å². The van der Waals surface area contributed by atoms with Crippen LogP contribution < -0.4 is 10.6 Å². The van der Waals surface area contributed by atoms with Crippen molar-refractivity contribution in [3.05, 3.63) is 28.2 Å². The number of carboxylic acids is 1. The van der Waals surface area contributed by atoms with Gasteiger partial charge in [-0.15, -0.1) is 0 Å². The predicted molar refractivity (Wildman–Crippen MR) is 84.7 cm³/mol. The van der Waals surface area contributed by atoms with E-state index in [0.29, 0.717) is 11.0 Å². The Labute approximate surface area is 132 Å². The van der Waals surface area contributed by atoms with E-state index in [4.69, 9.17) is 5.11 Å². The molecule has 1 aliphatic carbocycles. The molecule has 0 unspecified atom stereocenters. The lowest BCUT2D eigenvalue weighted by Gasteiger charge is -2.16. The second-order valence-electron chi connectivity index (χ2n) is 5.55. The van der Waals surface area contributed by atoms with Crippen LogP contribution in [0.1, 0.15) is 43.0 Å². The molecular weight excluding hydrogens is 336 g/mol. The van der Waals surface area contributed by atoms with Gasteiger partial charge in [-0.1, -0.05) is 29.3 Å². The molecule has 0 aliphatic heterocycles. The molecule has 1 fully saturated rings. The molecule has 114 valence electrons. The topological polar surface area (TPSA) is 78.4 Å². The number of halogens is 1. The van der Waals surface area contributed by atoms with Gasteiger partial charge in [-0.3, -0.25) is 0 Å². The van der Waals surface area contributed by atoms with Crippen molar-refractivity contribution in [2.24, 2.45) is 5.41 Å². The van der Waals surface area contributed by atoms with Crippen molar-refractivity contribution in [3.8, 4) is 0 Å². The van der Waals surface area contributed by atoms with E-state index in [-0.39, 0.29) is 22.7 Å². The lowest BCUT2D eigenvalue weighted by Crippen LogP contribution is -2.34. The highest BCUT2D eigenvalue weighted by atomic mass is 79.9. The van der Waals surface area contributed by atoms with Gasteiger partial charge in [-0.2, -0.15) is 0 Å². The largest absolute Gasteiger partial charge is 0.478 e. The van der Waals surface area contributed by atoms with Crippen molar-refractivity contribution in [1.29, 1.82) is 0 Å². The number of carboxylic acid groups (broad SMARTS) is 1. The van der Waals surface area contributed by atoms with Crippen LogP contribution in [-0.2, 0) is 0 Å². The first kappa shape index (κ1) is 15.8. The first-order valence-electron chi connectivity index (χ1n) is 7.03. The summed E-state index contributed by atoms with van der Waals surface area (Å²) >= 11 is 3.27. The van der Waals surface area contributed by atoms with E-state index in [2.05, 4.69) is 33.5 Å². The maximum absolute atomic E-state index is 11.9. The van der Waals surface area contributed by atoms with Crippen molar-refractivity contribution in [2.75, 3.05) is 11.9 Å². The molecule has 0 atom stereocenters. The second kappa shape index (κ2) is 6.47. The number of nitrogens with one attached hydrogen (secondary N) is 2. The number of hydrogen-bond acceptors (Lipinski definition) is 2. The summed E-state index contributed by atoms with van der Waals surface area (Å²) in [4.78, 5) is 23.1. The van der Waals surface area contributed by atoms with Crippen molar-refractivity contribution in [2.45, 2.75) is 32.6 Å². The van der Waals surface area contributed by atoms with Gasteiger partial charge >= 0.3 is 12.0 Å². The van der Waals surface area contributed by atoms with E-state index in [1.54, 1.807) is 12.1 Å². The van der Waals surface area contributed by atoms with E-state index in [1.165, 1.54) is 6.07 Å². The summed E-state index contributed by atoms with van der Waals surface area (Å²) in [5.74, 6) is -1.07. The minimum atomic E-state index is -1.07. The van der Waals surface area contributed by atoms with Crippen LogP contribution in [0.15, 0.2) is 22.7 Å². The molecule has 0 bridgehead atoms. The third-order valence-corrected chi connectivity index (χ3v) is 4.31. The number of benzene rings is 1. The number of urea groups is 1. The number of hydrogen-bond donors (Lipinski definition) is 3. The van der Waals surface area contributed by atoms with E-state index in [1.807, 2.05) is 0 Å². The third kappa shape index (κ3) is 4.20. The van der Waals surface area contributed by atoms with Crippen LogP contribution in [0.5, 0.6) is 0 Å². The Morgan fingerprint density at radius 3 is 2.67 bits per heavy atom. The normalized spacial score (nSPS) is 15.3. The van der Waals surface area contributed by atoms with Crippen molar-refractivity contribution in [1.82, 2.24) is 5.32 Å². The monoisotopic (exact) mass is 354 g/mol. The highest BCUT2D eigenvalue weighted by molar-refractivity contribution is 9.10. The van der Waals surface area contributed by atoms with Crippen molar-refractivity contribution in [3.63, 3.8) is 0 Å². The van der Waals surface area contributed by atoms with E-state index >= 15 is 0 Å². The summed E-state index contributed by atoms with van der Waals surface area (Å²) in [6.45, 7) is 2.78. The maximum Gasteiger partial charge on any atom is 0.337 e. The minimum Gasteiger partial charge on any atom is -0.478 e. The van der Waals surface area contributed by atoms with Gasteiger partial charge in [-0.05, 0) is 42.9 Å². The molecule has 21 heavy (non-hydrogen) atoms. The second-order valence-corrected chi connectivity index (χ2v) is 6.47. The first-order chi connectivity index (χ1) is 9.96. The van der Waals surface area contributed by atoms with E-state index in [0.717, 1.165) is 25.7 Å². The number of anilines is 1. The average molecular weight is 355 g/mol. The number of carbonyl (C=O) groups excluding carboxylic acids is 1. The number of amides is 2. The van der Waals surface area contributed by atoms with Crippen LogP contribution in [0.3, 0.4) is 0 Å². The SMILES string of the molecule is CCCC1(CNC(=O)Nc2cc(Br)ccc2C(=O)O)CC1. The minimum absolute atomic E-state index is 0.0723. The molecular formula is C15H19BrN2O3. The molecule has 0 aromatic heterocycles. The Morgan fingerprint density at radius 2 is 2.10 bits per heavy atom. The molecule has 0 radical (unpaired) electrons. The van der Waals surface area contributed by atoms with E-state index < -0.39 is 5.97 Å². The molecule has 1 aromatic rings. The van der Waals surface area contributed by atoms with Gasteiger partial charge in [0.05, 0.1) is 11.3 Å². The summed E-state index contributed by atoms with van der Waals surface area (Å²) in [5.41, 5.74) is 0.622.